The van der Waals surface area contributed by atoms with E-state index in [0.717, 1.165) is 17.3 Å². The Morgan fingerprint density at radius 2 is 2.00 bits per heavy atom. The van der Waals surface area contributed by atoms with Gasteiger partial charge < -0.3 is 10.5 Å². The van der Waals surface area contributed by atoms with E-state index in [1.165, 1.54) is 6.33 Å². The van der Waals surface area contributed by atoms with E-state index in [2.05, 4.69) is 30.7 Å². The van der Waals surface area contributed by atoms with Crippen LogP contribution in [0.2, 0.25) is 0 Å². The fraction of sp³-hybridized carbons (Fsp3) is 0.429. The third-order valence-corrected chi connectivity index (χ3v) is 2.71. The van der Waals surface area contributed by atoms with Crippen LogP contribution < -0.4 is 10.5 Å². The first-order valence-corrected chi connectivity index (χ1v) is 6.09. The number of rotatable bonds is 3. The molecule has 2 rings (SSSR count). The van der Waals surface area contributed by atoms with Crippen molar-refractivity contribution >= 4 is 16.6 Å². The Kier molecular flexibility index (Phi) is 3.36. The van der Waals surface area contributed by atoms with Crippen LogP contribution in [0.4, 0.5) is 5.69 Å². The van der Waals surface area contributed by atoms with Crippen molar-refractivity contribution in [1.29, 1.82) is 0 Å². The van der Waals surface area contributed by atoms with Gasteiger partial charge in [-0.05, 0) is 30.0 Å². The van der Waals surface area contributed by atoms with Crippen LogP contribution >= 0.6 is 0 Å². The van der Waals surface area contributed by atoms with Crippen molar-refractivity contribution in [3.63, 3.8) is 0 Å². The lowest BCUT2D eigenvalue weighted by Crippen LogP contribution is -2.11. The Labute approximate surface area is 107 Å². The number of hydrogen-bond donors (Lipinski definition) is 1. The fourth-order valence-corrected chi connectivity index (χ4v) is 1.62. The van der Waals surface area contributed by atoms with Crippen LogP contribution in [0.15, 0.2) is 24.5 Å². The highest BCUT2D eigenvalue weighted by Crippen LogP contribution is 2.25. The Morgan fingerprint density at radius 1 is 1.22 bits per heavy atom. The van der Waals surface area contributed by atoms with E-state index in [1.54, 1.807) is 0 Å². The molecule has 2 aromatic rings. The third-order valence-electron chi connectivity index (χ3n) is 2.71. The molecule has 4 heteroatoms. The average Bonchev–Trinajstić information content (AvgIpc) is 2.28. The Morgan fingerprint density at radius 3 is 2.72 bits per heavy atom. The van der Waals surface area contributed by atoms with Crippen LogP contribution in [0.5, 0.6) is 5.88 Å². The molecule has 0 fully saturated rings. The monoisotopic (exact) mass is 245 g/mol. The van der Waals surface area contributed by atoms with Gasteiger partial charge in [0, 0.05) is 5.69 Å². The summed E-state index contributed by atoms with van der Waals surface area (Å²) in [7, 11) is 0. The maximum atomic E-state index is 5.78. The van der Waals surface area contributed by atoms with Gasteiger partial charge in [-0.2, -0.15) is 0 Å². The number of benzene rings is 1. The summed E-state index contributed by atoms with van der Waals surface area (Å²) >= 11 is 0. The highest BCUT2D eigenvalue weighted by molar-refractivity contribution is 5.86. The molecule has 2 N–H and O–H groups in total. The van der Waals surface area contributed by atoms with Gasteiger partial charge in [0.05, 0.1) is 17.5 Å². The second-order valence-corrected chi connectivity index (χ2v) is 5.61. The molecule has 96 valence electrons. The standard InChI is InChI=1S/C14H19N3O/c1-14(2,3)6-7-18-13-11-8-10(15)4-5-12(11)16-9-17-13/h4-5,8-9H,6-7,15H2,1-3H3. The first kappa shape index (κ1) is 12.6. The van der Waals surface area contributed by atoms with Gasteiger partial charge in [-0.25, -0.2) is 9.97 Å². The van der Waals surface area contributed by atoms with Crippen molar-refractivity contribution < 1.29 is 4.74 Å². The largest absolute Gasteiger partial charge is 0.477 e. The number of nitrogens with zero attached hydrogens (tertiary/aromatic N) is 2. The van der Waals surface area contributed by atoms with Gasteiger partial charge in [-0.3, -0.25) is 0 Å². The van der Waals surface area contributed by atoms with E-state index in [0.29, 0.717) is 18.2 Å². The molecule has 1 aromatic carbocycles. The predicted molar refractivity (Wildman–Crippen MR) is 73.5 cm³/mol. The molecule has 0 atom stereocenters. The summed E-state index contributed by atoms with van der Waals surface area (Å²) in [6.07, 6.45) is 2.49. The Hall–Kier alpha value is -1.84. The lowest BCUT2D eigenvalue weighted by molar-refractivity contribution is 0.238. The van der Waals surface area contributed by atoms with Gasteiger partial charge in [-0.15, -0.1) is 0 Å². The predicted octanol–water partition coefficient (Wildman–Crippen LogP) is 3.03. The summed E-state index contributed by atoms with van der Waals surface area (Å²) in [5, 5.41) is 0.867. The zero-order chi connectivity index (χ0) is 13.2. The van der Waals surface area contributed by atoms with Gasteiger partial charge in [0.2, 0.25) is 5.88 Å². The van der Waals surface area contributed by atoms with Gasteiger partial charge in [0.1, 0.15) is 6.33 Å². The minimum Gasteiger partial charge on any atom is -0.477 e. The van der Waals surface area contributed by atoms with E-state index in [1.807, 2.05) is 18.2 Å². The molecule has 18 heavy (non-hydrogen) atoms. The average molecular weight is 245 g/mol. The zero-order valence-corrected chi connectivity index (χ0v) is 11.1. The normalized spacial score (nSPS) is 11.7. The Bertz CT molecular complexity index is 546. The molecule has 0 unspecified atom stereocenters. The van der Waals surface area contributed by atoms with Gasteiger partial charge in [0.15, 0.2) is 0 Å². The van der Waals surface area contributed by atoms with Crippen LogP contribution in [0.25, 0.3) is 10.9 Å². The molecule has 4 nitrogen and oxygen atoms in total. The lowest BCUT2D eigenvalue weighted by Gasteiger charge is -2.18. The number of nitrogen functional groups attached to an aromatic ring is 1. The molecular weight excluding hydrogens is 226 g/mol. The maximum Gasteiger partial charge on any atom is 0.224 e. The highest BCUT2D eigenvalue weighted by atomic mass is 16.5. The second kappa shape index (κ2) is 4.80. The van der Waals surface area contributed by atoms with Gasteiger partial charge >= 0.3 is 0 Å². The summed E-state index contributed by atoms with van der Waals surface area (Å²) < 4.78 is 5.74. The second-order valence-electron chi connectivity index (χ2n) is 5.61. The van der Waals surface area contributed by atoms with E-state index in [-0.39, 0.29) is 5.41 Å². The maximum absolute atomic E-state index is 5.78. The summed E-state index contributed by atoms with van der Waals surface area (Å²) in [6, 6.07) is 5.55. The summed E-state index contributed by atoms with van der Waals surface area (Å²) in [5.74, 6) is 0.608. The number of hydrogen-bond acceptors (Lipinski definition) is 4. The number of aromatic nitrogens is 2. The summed E-state index contributed by atoms with van der Waals surface area (Å²) in [4.78, 5) is 8.37. The molecule has 0 aliphatic rings. The number of anilines is 1. The van der Waals surface area contributed by atoms with Crippen molar-refractivity contribution in [2.24, 2.45) is 5.41 Å². The molecule has 0 aliphatic heterocycles. The first-order valence-electron chi connectivity index (χ1n) is 6.09. The van der Waals surface area contributed by atoms with Gasteiger partial charge in [-0.1, -0.05) is 20.8 Å². The lowest BCUT2D eigenvalue weighted by atomic mass is 9.93. The highest BCUT2D eigenvalue weighted by Gasteiger charge is 2.11. The molecule has 0 aliphatic carbocycles. The smallest absolute Gasteiger partial charge is 0.224 e. The van der Waals surface area contributed by atoms with Crippen molar-refractivity contribution in [1.82, 2.24) is 9.97 Å². The topological polar surface area (TPSA) is 61.0 Å². The van der Waals surface area contributed by atoms with Gasteiger partial charge in [0.25, 0.3) is 0 Å². The summed E-state index contributed by atoms with van der Waals surface area (Å²) in [6.45, 7) is 7.20. The molecular formula is C14H19N3O. The van der Waals surface area contributed by atoms with Crippen molar-refractivity contribution in [3.8, 4) is 5.88 Å². The van der Waals surface area contributed by atoms with E-state index < -0.39 is 0 Å². The van der Waals surface area contributed by atoms with Crippen molar-refractivity contribution in [2.45, 2.75) is 27.2 Å². The van der Waals surface area contributed by atoms with Crippen molar-refractivity contribution in [2.75, 3.05) is 12.3 Å². The molecule has 1 aromatic heterocycles. The molecule has 0 saturated carbocycles. The molecule has 1 heterocycles. The fourth-order valence-electron chi connectivity index (χ4n) is 1.62. The zero-order valence-electron chi connectivity index (χ0n) is 11.1. The molecule has 0 amide bonds. The van der Waals surface area contributed by atoms with Crippen LogP contribution in [0.1, 0.15) is 27.2 Å². The molecule has 0 radical (unpaired) electrons. The van der Waals surface area contributed by atoms with E-state index in [4.69, 9.17) is 10.5 Å². The number of ether oxygens (including phenoxy) is 1. The Balaban J connectivity index is 2.20. The minimum absolute atomic E-state index is 0.252. The summed E-state index contributed by atoms with van der Waals surface area (Å²) in [5.41, 5.74) is 7.58. The minimum atomic E-state index is 0.252. The molecule has 0 spiro atoms. The first-order chi connectivity index (χ1) is 8.46. The number of nitrogens with two attached hydrogens (primary N) is 1. The quantitative estimate of drug-likeness (QED) is 0.844. The van der Waals surface area contributed by atoms with E-state index >= 15 is 0 Å². The molecule has 0 bridgehead atoms. The van der Waals surface area contributed by atoms with E-state index in [9.17, 15) is 0 Å². The third kappa shape index (κ3) is 3.09. The van der Waals surface area contributed by atoms with Crippen LogP contribution in [-0.2, 0) is 0 Å². The van der Waals surface area contributed by atoms with Crippen molar-refractivity contribution in [3.05, 3.63) is 24.5 Å². The van der Waals surface area contributed by atoms with Crippen LogP contribution in [-0.4, -0.2) is 16.6 Å². The van der Waals surface area contributed by atoms with Crippen LogP contribution in [0, 0.1) is 5.41 Å². The van der Waals surface area contributed by atoms with Crippen LogP contribution in [0.3, 0.4) is 0 Å². The SMILES string of the molecule is CC(C)(C)CCOc1ncnc2ccc(N)cc12. The number of fused-ring (bicyclic) bond motifs is 1. The molecule has 0 saturated heterocycles.